The van der Waals surface area contributed by atoms with Gasteiger partial charge >= 0.3 is 0 Å². The van der Waals surface area contributed by atoms with Crippen LogP contribution in [0, 0.1) is 0 Å². The Hall–Kier alpha value is -1.40. The lowest BCUT2D eigenvalue weighted by Crippen LogP contribution is -2.13. The zero-order valence-corrected chi connectivity index (χ0v) is 10.5. The molecule has 0 saturated carbocycles. The Morgan fingerprint density at radius 1 is 1.53 bits per heavy atom. The molecule has 0 bridgehead atoms. The van der Waals surface area contributed by atoms with Crippen molar-refractivity contribution in [2.45, 2.75) is 25.9 Å². The van der Waals surface area contributed by atoms with Crippen molar-refractivity contribution >= 4 is 33.3 Å². The standard InChI is InChI=1S/C11H16N4OS/c1-2-7(16)3-5-13-9-8-4-6-17-10(8)15-11(12)14-9/h4,6-7,16H,2-3,5H2,1H3,(H3,12,13,14,15). The molecule has 0 aromatic carbocycles. The van der Waals surface area contributed by atoms with Crippen LogP contribution in [0.25, 0.3) is 10.2 Å². The van der Waals surface area contributed by atoms with Crippen LogP contribution >= 0.6 is 11.3 Å². The summed E-state index contributed by atoms with van der Waals surface area (Å²) in [5, 5.41) is 15.6. The quantitative estimate of drug-likeness (QED) is 0.756. The van der Waals surface area contributed by atoms with Crippen molar-refractivity contribution in [1.29, 1.82) is 0 Å². The second-order valence-corrected chi connectivity index (χ2v) is 4.74. The van der Waals surface area contributed by atoms with Crippen LogP contribution in [0.4, 0.5) is 11.8 Å². The van der Waals surface area contributed by atoms with Crippen LogP contribution < -0.4 is 11.1 Å². The summed E-state index contributed by atoms with van der Waals surface area (Å²) in [7, 11) is 0. The van der Waals surface area contributed by atoms with Crippen LogP contribution in [0.15, 0.2) is 11.4 Å². The van der Waals surface area contributed by atoms with Crippen LogP contribution in [0.2, 0.25) is 0 Å². The number of nitrogen functional groups attached to an aromatic ring is 1. The minimum absolute atomic E-state index is 0.264. The molecule has 0 aliphatic rings. The summed E-state index contributed by atoms with van der Waals surface area (Å²) in [4.78, 5) is 9.21. The van der Waals surface area contributed by atoms with Crippen LogP contribution in [-0.2, 0) is 0 Å². The largest absolute Gasteiger partial charge is 0.393 e. The number of nitrogens with zero attached hydrogens (tertiary/aromatic N) is 2. The van der Waals surface area contributed by atoms with E-state index in [9.17, 15) is 5.11 Å². The normalized spacial score (nSPS) is 12.8. The maximum atomic E-state index is 9.47. The van der Waals surface area contributed by atoms with E-state index in [0.29, 0.717) is 13.0 Å². The summed E-state index contributed by atoms with van der Waals surface area (Å²) in [5.41, 5.74) is 5.64. The molecule has 2 rings (SSSR count). The molecule has 4 N–H and O–H groups in total. The molecular weight excluding hydrogens is 236 g/mol. The topological polar surface area (TPSA) is 84.1 Å². The predicted octanol–water partition coefficient (Wildman–Crippen LogP) is 1.85. The zero-order valence-electron chi connectivity index (χ0n) is 9.68. The number of hydrogen-bond acceptors (Lipinski definition) is 6. The van der Waals surface area contributed by atoms with E-state index in [2.05, 4.69) is 15.3 Å². The molecule has 0 fully saturated rings. The van der Waals surface area contributed by atoms with Gasteiger partial charge in [0.15, 0.2) is 0 Å². The fourth-order valence-corrected chi connectivity index (χ4v) is 2.34. The van der Waals surface area contributed by atoms with Crippen molar-refractivity contribution in [3.63, 3.8) is 0 Å². The first kappa shape index (κ1) is 12.1. The lowest BCUT2D eigenvalue weighted by Gasteiger charge is -2.10. The van der Waals surface area contributed by atoms with Gasteiger partial charge in [0, 0.05) is 6.54 Å². The average Bonchev–Trinajstić information content (AvgIpc) is 2.76. The Balaban J connectivity index is 2.09. The number of aliphatic hydroxyl groups excluding tert-OH is 1. The molecule has 1 unspecified atom stereocenters. The molecule has 6 heteroatoms. The molecule has 0 spiro atoms. The van der Waals surface area contributed by atoms with Crippen molar-refractivity contribution in [2.75, 3.05) is 17.6 Å². The van der Waals surface area contributed by atoms with E-state index in [1.54, 1.807) is 0 Å². The summed E-state index contributed by atoms with van der Waals surface area (Å²) in [5.74, 6) is 1.02. The molecule has 17 heavy (non-hydrogen) atoms. The molecule has 1 atom stereocenters. The Morgan fingerprint density at radius 3 is 3.12 bits per heavy atom. The first-order chi connectivity index (χ1) is 8.20. The third-order valence-electron chi connectivity index (χ3n) is 2.58. The summed E-state index contributed by atoms with van der Waals surface area (Å²) in [6, 6.07) is 1.97. The van der Waals surface area contributed by atoms with Crippen molar-refractivity contribution in [3.8, 4) is 0 Å². The molecule has 2 aromatic heterocycles. The highest BCUT2D eigenvalue weighted by atomic mass is 32.1. The third kappa shape index (κ3) is 2.83. The number of nitrogens with one attached hydrogen (secondary N) is 1. The van der Waals surface area contributed by atoms with E-state index in [1.807, 2.05) is 18.4 Å². The summed E-state index contributed by atoms with van der Waals surface area (Å²) in [6.07, 6.45) is 1.20. The molecule has 92 valence electrons. The molecular formula is C11H16N4OS. The Morgan fingerprint density at radius 2 is 2.35 bits per heavy atom. The van der Waals surface area contributed by atoms with Gasteiger partial charge in [-0.25, -0.2) is 4.98 Å². The summed E-state index contributed by atoms with van der Waals surface area (Å²) < 4.78 is 0. The van der Waals surface area contributed by atoms with Crippen LogP contribution in [0.1, 0.15) is 19.8 Å². The van der Waals surface area contributed by atoms with Gasteiger partial charge < -0.3 is 16.2 Å². The van der Waals surface area contributed by atoms with Crippen LogP contribution in [0.3, 0.4) is 0 Å². The number of nitrogens with two attached hydrogens (primary N) is 1. The summed E-state index contributed by atoms with van der Waals surface area (Å²) >= 11 is 1.54. The van der Waals surface area contributed by atoms with Gasteiger partial charge in [0.25, 0.3) is 0 Å². The number of fused-ring (bicyclic) bond motifs is 1. The second kappa shape index (κ2) is 5.29. The molecule has 2 heterocycles. The maximum Gasteiger partial charge on any atom is 0.223 e. The highest BCUT2D eigenvalue weighted by Crippen LogP contribution is 2.25. The SMILES string of the molecule is CCC(O)CCNc1nc(N)nc2sccc12. The predicted molar refractivity (Wildman–Crippen MR) is 71.2 cm³/mol. The van der Waals surface area contributed by atoms with Crippen LogP contribution in [0.5, 0.6) is 0 Å². The average molecular weight is 252 g/mol. The van der Waals surface area contributed by atoms with Crippen molar-refractivity contribution in [1.82, 2.24) is 9.97 Å². The van der Waals surface area contributed by atoms with E-state index in [4.69, 9.17) is 5.73 Å². The third-order valence-corrected chi connectivity index (χ3v) is 3.39. The monoisotopic (exact) mass is 252 g/mol. The number of rotatable bonds is 5. The van der Waals surface area contributed by atoms with Gasteiger partial charge in [-0.3, -0.25) is 0 Å². The molecule has 0 radical (unpaired) electrons. The fraction of sp³-hybridized carbons (Fsp3) is 0.455. The Kier molecular flexibility index (Phi) is 3.75. The molecule has 5 nitrogen and oxygen atoms in total. The van der Waals surface area contributed by atoms with Gasteiger partial charge in [-0.1, -0.05) is 6.92 Å². The molecule has 0 amide bonds. The Bertz CT molecular complexity index is 499. The first-order valence-electron chi connectivity index (χ1n) is 5.63. The Labute approximate surface area is 104 Å². The van der Waals surface area contributed by atoms with Gasteiger partial charge in [-0.05, 0) is 24.3 Å². The van der Waals surface area contributed by atoms with Crippen molar-refractivity contribution < 1.29 is 5.11 Å². The van der Waals surface area contributed by atoms with Gasteiger partial charge in [-0.2, -0.15) is 4.98 Å². The molecule has 0 aliphatic heterocycles. The first-order valence-corrected chi connectivity index (χ1v) is 6.51. The van der Waals surface area contributed by atoms with E-state index in [1.165, 1.54) is 11.3 Å². The number of thiophene rings is 1. The fourth-order valence-electron chi connectivity index (χ4n) is 1.57. The summed E-state index contributed by atoms with van der Waals surface area (Å²) in [6.45, 7) is 2.64. The number of aromatic nitrogens is 2. The highest BCUT2D eigenvalue weighted by molar-refractivity contribution is 7.16. The van der Waals surface area contributed by atoms with Gasteiger partial charge in [0.2, 0.25) is 5.95 Å². The van der Waals surface area contributed by atoms with E-state index in [-0.39, 0.29) is 12.1 Å². The molecule has 0 saturated heterocycles. The number of aliphatic hydroxyl groups is 1. The van der Waals surface area contributed by atoms with Crippen molar-refractivity contribution in [3.05, 3.63) is 11.4 Å². The lowest BCUT2D eigenvalue weighted by atomic mass is 10.2. The number of anilines is 2. The smallest absolute Gasteiger partial charge is 0.223 e. The maximum absolute atomic E-state index is 9.47. The molecule has 0 aliphatic carbocycles. The zero-order chi connectivity index (χ0) is 12.3. The van der Waals surface area contributed by atoms with Gasteiger partial charge in [0.1, 0.15) is 10.6 Å². The lowest BCUT2D eigenvalue weighted by molar-refractivity contribution is 0.164. The second-order valence-electron chi connectivity index (χ2n) is 3.85. The van der Waals surface area contributed by atoms with Crippen LogP contribution in [-0.4, -0.2) is 27.7 Å². The highest BCUT2D eigenvalue weighted by Gasteiger charge is 2.07. The van der Waals surface area contributed by atoms with E-state index >= 15 is 0 Å². The minimum Gasteiger partial charge on any atom is -0.393 e. The van der Waals surface area contributed by atoms with E-state index in [0.717, 1.165) is 22.5 Å². The molecule has 2 aromatic rings. The number of hydrogen-bond donors (Lipinski definition) is 3. The van der Waals surface area contributed by atoms with Crippen molar-refractivity contribution in [2.24, 2.45) is 0 Å². The van der Waals surface area contributed by atoms with Gasteiger partial charge in [0.05, 0.1) is 11.5 Å². The minimum atomic E-state index is -0.264. The van der Waals surface area contributed by atoms with E-state index < -0.39 is 0 Å². The van der Waals surface area contributed by atoms with Gasteiger partial charge in [-0.15, -0.1) is 11.3 Å².